The van der Waals surface area contributed by atoms with Crippen molar-refractivity contribution in [3.63, 3.8) is 0 Å². The summed E-state index contributed by atoms with van der Waals surface area (Å²) in [7, 11) is 0. The number of aliphatic hydroxyl groups is 2. The smallest absolute Gasteiger partial charge is 0.303 e. The van der Waals surface area contributed by atoms with Gasteiger partial charge in [-0.15, -0.1) is 0 Å². The highest BCUT2D eigenvalue weighted by atomic mass is 16.5. The molecule has 0 aromatic rings. The fourth-order valence-corrected chi connectivity index (χ4v) is 0.626. The van der Waals surface area contributed by atoms with Crippen LogP contribution in [0.4, 0.5) is 0 Å². The van der Waals surface area contributed by atoms with Gasteiger partial charge in [0.25, 0.3) is 0 Å². The number of hydrogen-bond acceptors (Lipinski definition) is 7. The van der Waals surface area contributed by atoms with Gasteiger partial charge in [0.15, 0.2) is 0 Å². The van der Waals surface area contributed by atoms with Gasteiger partial charge < -0.3 is 14.9 Å². The van der Waals surface area contributed by atoms with Crippen LogP contribution in [0.2, 0.25) is 0 Å². The maximum atomic E-state index is 10.3. The Bertz CT molecular complexity index is 138. The molecule has 0 aromatic heterocycles. The predicted molar refractivity (Wildman–Crippen MR) is 44.0 cm³/mol. The van der Waals surface area contributed by atoms with Gasteiger partial charge in [-0.1, -0.05) is 0 Å². The Hall–Kier alpha value is -0.730. The maximum Gasteiger partial charge on any atom is 0.303 e. The first kappa shape index (κ1) is 12.3. The molecule has 0 aliphatic carbocycles. The Morgan fingerprint density at radius 1 is 1.31 bits per heavy atom. The molecule has 7 heteroatoms. The molecule has 0 radical (unpaired) electrons. The Labute approximate surface area is 76.1 Å². The summed E-state index contributed by atoms with van der Waals surface area (Å²) in [6.07, 6.45) is -0.505. The monoisotopic (exact) mass is 193 g/mol. The Balaban J connectivity index is 3.49. The van der Waals surface area contributed by atoms with E-state index in [0.29, 0.717) is 0 Å². The number of carbonyl (C=O) groups is 1. The van der Waals surface area contributed by atoms with Crippen molar-refractivity contribution in [3.8, 4) is 0 Å². The van der Waals surface area contributed by atoms with Gasteiger partial charge in [-0.25, -0.2) is 0 Å². The minimum atomic E-state index is -0.505. The lowest BCUT2D eigenvalue weighted by molar-refractivity contribution is -0.142. The molecule has 0 bridgehead atoms. The van der Waals surface area contributed by atoms with Crippen LogP contribution in [0.5, 0.6) is 0 Å². The molecule has 0 atom stereocenters. The molecule has 0 unspecified atom stereocenters. The van der Waals surface area contributed by atoms with Crippen LogP contribution in [-0.4, -0.2) is 42.7 Å². The van der Waals surface area contributed by atoms with Crippen molar-refractivity contribution < 1.29 is 19.7 Å². The van der Waals surface area contributed by atoms with Crippen LogP contribution in [0.1, 0.15) is 6.92 Å². The molecule has 0 aromatic carbocycles. The molecule has 78 valence electrons. The number of rotatable bonds is 7. The Morgan fingerprint density at radius 2 is 1.85 bits per heavy atom. The molecule has 7 nitrogen and oxygen atoms in total. The van der Waals surface area contributed by atoms with Gasteiger partial charge in [0.2, 0.25) is 0 Å². The van der Waals surface area contributed by atoms with Crippen LogP contribution < -0.4 is 16.0 Å². The minimum Gasteiger partial charge on any atom is -0.450 e. The Morgan fingerprint density at radius 3 is 2.23 bits per heavy atom. The van der Waals surface area contributed by atoms with E-state index < -0.39 is 12.3 Å². The third-order valence-electron chi connectivity index (χ3n) is 1.15. The molecule has 0 aliphatic heterocycles. The number of ether oxygens (including phenoxy) is 1. The molecule has 0 spiro atoms. The van der Waals surface area contributed by atoms with Crippen LogP contribution in [0, 0.1) is 0 Å². The number of esters is 1. The van der Waals surface area contributed by atoms with E-state index in [1.807, 2.05) is 0 Å². The number of aliphatic hydroxyl groups excluding tert-OH is 2. The van der Waals surface area contributed by atoms with Crippen LogP contribution >= 0.6 is 0 Å². The average molecular weight is 193 g/mol. The van der Waals surface area contributed by atoms with Gasteiger partial charge in [0.05, 0.1) is 13.5 Å². The number of carbonyl (C=O) groups excluding carboxylic acids is 1. The van der Waals surface area contributed by atoms with Crippen molar-refractivity contribution in [2.24, 2.45) is 0 Å². The van der Waals surface area contributed by atoms with Gasteiger partial charge >= 0.3 is 5.97 Å². The van der Waals surface area contributed by atoms with E-state index in [0.717, 1.165) is 0 Å². The summed E-state index contributed by atoms with van der Waals surface area (Å²) >= 11 is 0. The third kappa shape index (κ3) is 7.62. The topological polar surface area (TPSA) is 103 Å². The highest BCUT2D eigenvalue weighted by Gasteiger charge is 2.03. The van der Waals surface area contributed by atoms with Crippen LogP contribution in [0.3, 0.4) is 0 Å². The van der Waals surface area contributed by atoms with Gasteiger partial charge in [-0.05, 0) is 0 Å². The van der Waals surface area contributed by atoms with E-state index in [-0.39, 0.29) is 20.2 Å². The summed E-state index contributed by atoms with van der Waals surface area (Å²) in [5, 5.41) is 24.7. The number of hydrogen-bond donors (Lipinski definition) is 5. The summed E-state index contributed by atoms with van der Waals surface area (Å²) in [4.78, 5) is 10.3. The van der Waals surface area contributed by atoms with Crippen LogP contribution in [0.15, 0.2) is 0 Å². The first-order valence-electron chi connectivity index (χ1n) is 3.76. The van der Waals surface area contributed by atoms with E-state index in [9.17, 15) is 4.79 Å². The van der Waals surface area contributed by atoms with Gasteiger partial charge in [-0.3, -0.25) is 20.7 Å². The summed E-state index contributed by atoms with van der Waals surface area (Å²) in [6, 6.07) is 0. The van der Waals surface area contributed by atoms with E-state index in [2.05, 4.69) is 20.7 Å². The summed E-state index contributed by atoms with van der Waals surface area (Å²) < 4.78 is 4.57. The maximum absolute atomic E-state index is 10.3. The van der Waals surface area contributed by atoms with E-state index in [4.69, 9.17) is 10.2 Å². The summed E-state index contributed by atoms with van der Waals surface area (Å²) in [5.74, 6) is -0.403. The molecule has 0 amide bonds. The van der Waals surface area contributed by atoms with Crippen molar-refractivity contribution >= 4 is 5.97 Å². The summed E-state index contributed by atoms with van der Waals surface area (Å²) in [6.45, 7) is 0.769. The molecule has 0 rings (SSSR count). The van der Waals surface area contributed by atoms with Crippen molar-refractivity contribution in [1.82, 2.24) is 16.0 Å². The fraction of sp³-hybridized carbons (Fsp3) is 0.833. The van der Waals surface area contributed by atoms with Gasteiger partial charge in [0.1, 0.15) is 13.0 Å². The standard InChI is InChI=1S/C6H15N3O4/c1-5(12)13-4-9-6(7-2-10)8-3-11/h6-11H,2-4H2,1H3. The first-order chi connectivity index (χ1) is 6.20. The van der Waals surface area contributed by atoms with Crippen LogP contribution in [0.25, 0.3) is 0 Å². The lowest BCUT2D eigenvalue weighted by Gasteiger charge is -2.18. The lowest BCUT2D eigenvalue weighted by Crippen LogP contribution is -2.53. The highest BCUT2D eigenvalue weighted by molar-refractivity contribution is 5.65. The second kappa shape index (κ2) is 7.90. The second-order valence-corrected chi connectivity index (χ2v) is 2.14. The van der Waals surface area contributed by atoms with Gasteiger partial charge in [-0.2, -0.15) is 0 Å². The van der Waals surface area contributed by atoms with Crippen LogP contribution in [-0.2, 0) is 9.53 Å². The third-order valence-corrected chi connectivity index (χ3v) is 1.15. The molecular formula is C6H15N3O4. The van der Waals surface area contributed by atoms with E-state index in [1.165, 1.54) is 6.92 Å². The zero-order valence-corrected chi connectivity index (χ0v) is 7.41. The molecule has 0 saturated heterocycles. The zero-order valence-electron chi connectivity index (χ0n) is 7.41. The molecule has 0 saturated carbocycles. The zero-order chi connectivity index (χ0) is 10.1. The van der Waals surface area contributed by atoms with Crippen molar-refractivity contribution in [2.45, 2.75) is 13.2 Å². The SMILES string of the molecule is CC(=O)OCNC(NCO)NCO. The van der Waals surface area contributed by atoms with Crippen molar-refractivity contribution in [1.29, 1.82) is 0 Å². The summed E-state index contributed by atoms with van der Waals surface area (Å²) in [5.41, 5.74) is 0. The molecular weight excluding hydrogens is 178 g/mol. The molecule has 5 N–H and O–H groups in total. The molecule has 0 aliphatic rings. The predicted octanol–water partition coefficient (Wildman–Crippen LogP) is -2.54. The normalized spacial score (nSPS) is 10.5. The Kier molecular flexibility index (Phi) is 7.45. The highest BCUT2D eigenvalue weighted by Crippen LogP contribution is 1.74. The van der Waals surface area contributed by atoms with Gasteiger partial charge in [0, 0.05) is 6.92 Å². The largest absolute Gasteiger partial charge is 0.450 e. The quantitative estimate of drug-likeness (QED) is 0.224. The molecule has 13 heavy (non-hydrogen) atoms. The second-order valence-electron chi connectivity index (χ2n) is 2.14. The van der Waals surface area contributed by atoms with E-state index in [1.54, 1.807) is 0 Å². The first-order valence-corrected chi connectivity index (χ1v) is 3.76. The number of nitrogens with one attached hydrogen (secondary N) is 3. The van der Waals surface area contributed by atoms with E-state index >= 15 is 0 Å². The fourth-order valence-electron chi connectivity index (χ4n) is 0.626. The lowest BCUT2D eigenvalue weighted by atomic mass is 10.7. The molecule has 0 heterocycles. The van der Waals surface area contributed by atoms with Crippen molar-refractivity contribution in [2.75, 3.05) is 20.2 Å². The van der Waals surface area contributed by atoms with Crippen molar-refractivity contribution in [3.05, 3.63) is 0 Å². The average Bonchev–Trinajstić information content (AvgIpc) is 2.04. The molecule has 0 fully saturated rings. The minimum absolute atomic E-state index is 0.